The van der Waals surface area contributed by atoms with Crippen LogP contribution in [0.15, 0.2) is 54.6 Å². The van der Waals surface area contributed by atoms with Crippen molar-refractivity contribution >= 4 is 24.8 Å². The molecule has 0 radical (unpaired) electrons. The van der Waals surface area contributed by atoms with Crippen LogP contribution in [0.4, 0.5) is 13.2 Å². The molecule has 0 fully saturated rings. The van der Waals surface area contributed by atoms with Crippen molar-refractivity contribution in [3.8, 4) is 0 Å². The number of hydrogen-bond donors (Lipinski definition) is 0. The van der Waals surface area contributed by atoms with Crippen molar-refractivity contribution in [3.63, 3.8) is 0 Å². The molecule has 2 rings (SSSR count). The van der Waals surface area contributed by atoms with E-state index in [1.807, 2.05) is 25.2 Å². The maximum Gasteiger partial charge on any atom is 0.416 e. The minimum Gasteiger partial charge on any atom is -0.358 e. The lowest BCUT2D eigenvalue weighted by molar-refractivity contribution is -0.137. The third-order valence-electron chi connectivity index (χ3n) is 4.01. The van der Waals surface area contributed by atoms with E-state index in [1.54, 1.807) is 25.1 Å². The van der Waals surface area contributed by atoms with Gasteiger partial charge in [0.1, 0.15) is 6.23 Å². The number of rotatable bonds is 8. The molecule has 1 unspecified atom stereocenters. The number of likely N-dealkylation sites (N-methyl/N-ethyl adjacent to an activating group) is 1. The number of benzene rings is 2. The van der Waals surface area contributed by atoms with Gasteiger partial charge in [-0.2, -0.15) is 13.2 Å². The molecule has 3 nitrogen and oxygen atoms in total. The van der Waals surface area contributed by atoms with Gasteiger partial charge in [-0.3, -0.25) is 9.80 Å². The molecule has 28 heavy (non-hydrogen) atoms. The fraction of sp³-hybridized carbons (Fsp3) is 0.400. The quantitative estimate of drug-likeness (QED) is 0.522. The number of nitrogens with zero attached hydrogens (tertiary/aromatic N) is 2. The zero-order valence-corrected chi connectivity index (χ0v) is 17.8. The number of ether oxygens (including phenoxy) is 1. The first-order valence-electron chi connectivity index (χ1n) is 8.45. The summed E-state index contributed by atoms with van der Waals surface area (Å²) in [5, 5.41) is 0. The molecular weight excluding hydrogens is 412 g/mol. The van der Waals surface area contributed by atoms with E-state index < -0.39 is 18.0 Å². The van der Waals surface area contributed by atoms with Gasteiger partial charge in [0, 0.05) is 13.1 Å². The first-order chi connectivity index (χ1) is 12.3. The maximum absolute atomic E-state index is 12.9. The highest BCUT2D eigenvalue weighted by atomic mass is 35.5. The average Bonchev–Trinajstić information content (AvgIpc) is 2.58. The highest BCUT2D eigenvalue weighted by molar-refractivity contribution is 5.85. The van der Waals surface area contributed by atoms with Gasteiger partial charge in [-0.05, 0) is 44.4 Å². The van der Waals surface area contributed by atoms with Crippen molar-refractivity contribution in [2.75, 3.05) is 34.3 Å². The van der Waals surface area contributed by atoms with Crippen LogP contribution in [-0.4, -0.2) is 44.1 Å². The molecular formula is C20H27Cl2F3N2O. The van der Waals surface area contributed by atoms with Gasteiger partial charge in [-0.1, -0.05) is 42.5 Å². The minimum atomic E-state index is -4.36. The molecule has 0 spiro atoms. The third kappa shape index (κ3) is 8.37. The maximum atomic E-state index is 12.9. The molecule has 158 valence electrons. The highest BCUT2D eigenvalue weighted by Crippen LogP contribution is 2.31. The Morgan fingerprint density at radius 1 is 0.929 bits per heavy atom. The molecule has 1 atom stereocenters. The third-order valence-corrected chi connectivity index (χ3v) is 4.01. The molecule has 0 aliphatic carbocycles. The van der Waals surface area contributed by atoms with Crippen molar-refractivity contribution in [2.24, 2.45) is 0 Å². The summed E-state index contributed by atoms with van der Waals surface area (Å²) in [6.07, 6.45) is -4.88. The van der Waals surface area contributed by atoms with E-state index in [2.05, 4.69) is 17.0 Å². The molecule has 2 aromatic rings. The summed E-state index contributed by atoms with van der Waals surface area (Å²) in [6, 6.07) is 15.4. The summed E-state index contributed by atoms with van der Waals surface area (Å²) in [4.78, 5) is 3.89. The van der Waals surface area contributed by atoms with E-state index in [-0.39, 0.29) is 24.8 Å². The van der Waals surface area contributed by atoms with Crippen molar-refractivity contribution in [1.82, 2.24) is 9.80 Å². The van der Waals surface area contributed by atoms with Crippen LogP contribution in [0.25, 0.3) is 0 Å². The Hall–Kier alpha value is -1.31. The molecule has 0 bridgehead atoms. The van der Waals surface area contributed by atoms with Crippen molar-refractivity contribution in [2.45, 2.75) is 18.9 Å². The first kappa shape index (κ1) is 26.7. The van der Waals surface area contributed by atoms with Crippen LogP contribution in [0.1, 0.15) is 22.9 Å². The van der Waals surface area contributed by atoms with Crippen LogP contribution in [0.3, 0.4) is 0 Å². The highest BCUT2D eigenvalue weighted by Gasteiger charge is 2.31. The van der Waals surface area contributed by atoms with Gasteiger partial charge in [-0.25, -0.2) is 0 Å². The minimum absolute atomic E-state index is 0. The monoisotopic (exact) mass is 438 g/mol. The van der Waals surface area contributed by atoms with E-state index in [0.717, 1.165) is 18.7 Å². The second-order valence-corrected chi connectivity index (χ2v) is 6.53. The van der Waals surface area contributed by atoms with Crippen LogP contribution in [0.2, 0.25) is 0 Å². The topological polar surface area (TPSA) is 15.7 Å². The molecule has 0 N–H and O–H groups in total. The largest absolute Gasteiger partial charge is 0.416 e. The SMILES string of the molecule is CN(CCOC(c1cccc(C(F)(F)F)c1)N(C)C)Cc1ccccc1.Cl.Cl. The predicted molar refractivity (Wildman–Crippen MR) is 111 cm³/mol. The Morgan fingerprint density at radius 2 is 1.57 bits per heavy atom. The number of halogens is 5. The molecule has 0 heterocycles. The predicted octanol–water partition coefficient (Wildman–Crippen LogP) is 5.26. The number of hydrogen-bond acceptors (Lipinski definition) is 3. The molecule has 0 saturated carbocycles. The van der Waals surface area contributed by atoms with Crippen LogP contribution in [0.5, 0.6) is 0 Å². The Kier molecular flexibility index (Phi) is 11.7. The summed E-state index contributed by atoms with van der Waals surface area (Å²) in [5.74, 6) is 0. The van der Waals surface area contributed by atoms with Crippen LogP contribution < -0.4 is 0 Å². The summed E-state index contributed by atoms with van der Waals surface area (Å²) in [6.45, 7) is 1.89. The summed E-state index contributed by atoms with van der Waals surface area (Å²) < 4.78 is 44.7. The van der Waals surface area contributed by atoms with Gasteiger partial charge in [0.25, 0.3) is 0 Å². The molecule has 0 aliphatic heterocycles. The van der Waals surface area contributed by atoms with Crippen LogP contribution >= 0.6 is 24.8 Å². The van der Waals surface area contributed by atoms with Gasteiger partial charge in [0.15, 0.2) is 0 Å². The molecule has 0 aromatic heterocycles. The van der Waals surface area contributed by atoms with Crippen molar-refractivity contribution in [3.05, 3.63) is 71.3 Å². The van der Waals surface area contributed by atoms with E-state index in [9.17, 15) is 13.2 Å². The standard InChI is InChI=1S/C20H25F3N2O.2ClH/c1-24(2)19(17-10-7-11-18(14-17)20(21,22)23)26-13-12-25(3)15-16-8-5-4-6-9-16;;/h4-11,14,19H,12-13,15H2,1-3H3;2*1H. The number of alkyl halides is 3. The summed E-state index contributed by atoms with van der Waals surface area (Å²) in [7, 11) is 5.57. The van der Waals surface area contributed by atoms with Gasteiger partial charge in [-0.15, -0.1) is 24.8 Å². The normalized spacial score (nSPS) is 12.4. The fourth-order valence-electron chi connectivity index (χ4n) is 2.71. The molecule has 0 amide bonds. The summed E-state index contributed by atoms with van der Waals surface area (Å²) in [5.41, 5.74) is 1.04. The van der Waals surface area contributed by atoms with Crippen molar-refractivity contribution in [1.29, 1.82) is 0 Å². The summed E-state index contributed by atoms with van der Waals surface area (Å²) >= 11 is 0. The first-order valence-corrected chi connectivity index (χ1v) is 8.45. The molecule has 0 saturated heterocycles. The molecule has 0 aliphatic rings. The lowest BCUT2D eigenvalue weighted by Gasteiger charge is -2.27. The fourth-order valence-corrected chi connectivity index (χ4v) is 2.71. The Bertz CT molecular complexity index is 685. The van der Waals surface area contributed by atoms with E-state index >= 15 is 0 Å². The van der Waals surface area contributed by atoms with Gasteiger partial charge in [0.05, 0.1) is 12.2 Å². The van der Waals surface area contributed by atoms with E-state index in [1.165, 1.54) is 11.6 Å². The zero-order chi connectivity index (χ0) is 19.2. The van der Waals surface area contributed by atoms with Crippen LogP contribution in [0, 0.1) is 0 Å². The van der Waals surface area contributed by atoms with Crippen molar-refractivity contribution < 1.29 is 17.9 Å². The Labute approximate surface area is 177 Å². The van der Waals surface area contributed by atoms with Gasteiger partial charge in [0.2, 0.25) is 0 Å². The Morgan fingerprint density at radius 3 is 2.14 bits per heavy atom. The average molecular weight is 439 g/mol. The van der Waals surface area contributed by atoms with E-state index in [0.29, 0.717) is 18.7 Å². The van der Waals surface area contributed by atoms with Gasteiger partial charge >= 0.3 is 6.18 Å². The zero-order valence-electron chi connectivity index (χ0n) is 16.1. The lowest BCUT2D eigenvalue weighted by atomic mass is 10.1. The lowest BCUT2D eigenvalue weighted by Crippen LogP contribution is -2.28. The smallest absolute Gasteiger partial charge is 0.358 e. The second kappa shape index (κ2) is 12.3. The van der Waals surface area contributed by atoms with E-state index in [4.69, 9.17) is 4.74 Å². The Balaban J connectivity index is 0.00000364. The second-order valence-electron chi connectivity index (χ2n) is 6.53. The molecule has 2 aromatic carbocycles. The van der Waals surface area contributed by atoms with Gasteiger partial charge < -0.3 is 4.74 Å². The van der Waals surface area contributed by atoms with Crippen LogP contribution in [-0.2, 0) is 17.5 Å². The molecule has 8 heteroatoms.